The predicted octanol–water partition coefficient (Wildman–Crippen LogP) is 1.07. The molecule has 0 unspecified atom stereocenters. The van der Waals surface area contributed by atoms with Crippen molar-refractivity contribution in [2.75, 3.05) is 32.8 Å². The molecule has 1 fully saturated rings. The highest BCUT2D eigenvalue weighted by molar-refractivity contribution is 6.96. The fraction of sp³-hybridized carbons (Fsp3) is 0.333. The zero-order valence-electron chi connectivity index (χ0n) is 12.8. The lowest BCUT2D eigenvalue weighted by Gasteiger charge is -2.31. The van der Waals surface area contributed by atoms with Crippen molar-refractivity contribution in [2.45, 2.75) is 6.04 Å². The summed E-state index contributed by atoms with van der Waals surface area (Å²) in [6.45, 7) is 4.46. The molecule has 0 atom stereocenters. The van der Waals surface area contributed by atoms with Gasteiger partial charge in [0.15, 0.2) is 0 Å². The van der Waals surface area contributed by atoms with E-state index in [1.54, 1.807) is 0 Å². The Morgan fingerprint density at radius 3 is 1.86 bits per heavy atom. The van der Waals surface area contributed by atoms with Crippen LogP contribution in [-0.2, 0) is 4.74 Å². The number of morpholine rings is 1. The summed E-state index contributed by atoms with van der Waals surface area (Å²) in [6.07, 6.45) is 0. The van der Waals surface area contributed by atoms with Crippen molar-refractivity contribution >= 4 is 18.7 Å². The molecule has 2 aromatic rings. The number of rotatable bonds is 5. The van der Waals surface area contributed by atoms with Crippen molar-refractivity contribution in [2.24, 2.45) is 0 Å². The first-order chi connectivity index (χ1) is 10.8. The second-order valence-corrected chi connectivity index (χ2v) is 9.17. The molecule has 3 nitrogen and oxygen atoms in total. The van der Waals surface area contributed by atoms with Gasteiger partial charge in [0, 0.05) is 13.1 Å². The van der Waals surface area contributed by atoms with E-state index in [9.17, 15) is 4.80 Å². The minimum Gasteiger partial charge on any atom is -0.424 e. The van der Waals surface area contributed by atoms with Crippen molar-refractivity contribution in [1.29, 1.82) is 0 Å². The van der Waals surface area contributed by atoms with E-state index >= 15 is 0 Å². The molecule has 0 aromatic heterocycles. The standard InChI is InChI=1S/C18H23NO2Si/c20-22(17-7-3-1-4-8-17,18-9-5-2-6-10-18)16-13-19-11-14-21-15-12-19/h1-10,20H,11-16H2. The van der Waals surface area contributed by atoms with Gasteiger partial charge in [-0.15, -0.1) is 0 Å². The third kappa shape index (κ3) is 3.47. The second kappa shape index (κ2) is 7.20. The quantitative estimate of drug-likeness (QED) is 0.838. The van der Waals surface area contributed by atoms with Crippen LogP contribution in [0, 0.1) is 0 Å². The first kappa shape index (κ1) is 15.4. The molecule has 1 aliphatic heterocycles. The van der Waals surface area contributed by atoms with Gasteiger partial charge in [0.2, 0.25) is 0 Å². The maximum atomic E-state index is 11.6. The number of benzene rings is 2. The first-order valence-electron chi connectivity index (χ1n) is 7.92. The largest absolute Gasteiger partial charge is 0.424 e. The average Bonchev–Trinajstić information content (AvgIpc) is 2.62. The van der Waals surface area contributed by atoms with Crippen LogP contribution in [0.5, 0.6) is 0 Å². The van der Waals surface area contributed by atoms with Crippen LogP contribution in [0.1, 0.15) is 0 Å². The summed E-state index contributed by atoms with van der Waals surface area (Å²) in [4.78, 5) is 14.0. The molecule has 116 valence electrons. The minimum absolute atomic E-state index is 0.802. The molecule has 1 heterocycles. The van der Waals surface area contributed by atoms with Crippen LogP contribution in [0.25, 0.3) is 0 Å². The lowest BCUT2D eigenvalue weighted by molar-refractivity contribution is 0.0401. The second-order valence-electron chi connectivity index (χ2n) is 5.80. The van der Waals surface area contributed by atoms with Crippen molar-refractivity contribution < 1.29 is 9.53 Å². The Labute approximate surface area is 133 Å². The van der Waals surface area contributed by atoms with E-state index in [4.69, 9.17) is 4.74 Å². The monoisotopic (exact) mass is 313 g/mol. The Balaban J connectivity index is 1.83. The summed E-state index contributed by atoms with van der Waals surface area (Å²) in [5.74, 6) is 0. The van der Waals surface area contributed by atoms with Crippen LogP contribution in [-0.4, -0.2) is 50.9 Å². The van der Waals surface area contributed by atoms with E-state index in [2.05, 4.69) is 29.2 Å². The van der Waals surface area contributed by atoms with Crippen LogP contribution in [0.3, 0.4) is 0 Å². The Morgan fingerprint density at radius 1 is 0.864 bits per heavy atom. The Kier molecular flexibility index (Phi) is 5.05. The topological polar surface area (TPSA) is 32.7 Å². The summed E-state index contributed by atoms with van der Waals surface area (Å²) in [6, 6.07) is 21.2. The van der Waals surface area contributed by atoms with Gasteiger partial charge in [-0.05, 0) is 23.0 Å². The van der Waals surface area contributed by atoms with E-state index < -0.39 is 8.32 Å². The highest BCUT2D eigenvalue weighted by atomic mass is 28.4. The maximum Gasteiger partial charge on any atom is 0.253 e. The van der Waals surface area contributed by atoms with Gasteiger partial charge in [0.1, 0.15) is 0 Å². The van der Waals surface area contributed by atoms with Crippen LogP contribution in [0.2, 0.25) is 6.04 Å². The molecule has 1 N–H and O–H groups in total. The van der Waals surface area contributed by atoms with Crippen LogP contribution < -0.4 is 10.4 Å². The van der Waals surface area contributed by atoms with Crippen LogP contribution >= 0.6 is 0 Å². The summed E-state index contributed by atoms with van der Waals surface area (Å²) >= 11 is 0. The summed E-state index contributed by atoms with van der Waals surface area (Å²) in [7, 11) is -2.67. The molecule has 1 saturated heterocycles. The van der Waals surface area contributed by atoms with Crippen molar-refractivity contribution in [3.8, 4) is 0 Å². The molecule has 3 rings (SSSR count). The number of hydrogen-bond donors (Lipinski definition) is 1. The summed E-state index contributed by atoms with van der Waals surface area (Å²) in [5, 5.41) is 2.18. The van der Waals surface area contributed by atoms with Gasteiger partial charge in [0.25, 0.3) is 8.32 Å². The smallest absolute Gasteiger partial charge is 0.253 e. The third-order valence-corrected chi connectivity index (χ3v) is 7.92. The number of ether oxygens (including phenoxy) is 1. The molecule has 0 bridgehead atoms. The molecule has 0 saturated carbocycles. The first-order valence-corrected chi connectivity index (χ1v) is 10.1. The molecule has 22 heavy (non-hydrogen) atoms. The Morgan fingerprint density at radius 2 is 1.36 bits per heavy atom. The van der Waals surface area contributed by atoms with Crippen molar-refractivity contribution in [1.82, 2.24) is 4.90 Å². The zero-order chi connectivity index (χ0) is 15.3. The SMILES string of the molecule is O[Si](CCN1CCOCC1)(c1ccccc1)c1ccccc1. The van der Waals surface area contributed by atoms with Crippen LogP contribution in [0.4, 0.5) is 0 Å². The number of nitrogens with zero attached hydrogens (tertiary/aromatic N) is 1. The fourth-order valence-corrected chi connectivity index (χ4v) is 6.07. The predicted molar refractivity (Wildman–Crippen MR) is 92.2 cm³/mol. The lowest BCUT2D eigenvalue weighted by Crippen LogP contribution is -2.60. The molecule has 0 spiro atoms. The van der Waals surface area contributed by atoms with Gasteiger partial charge < -0.3 is 9.53 Å². The molecule has 0 aliphatic carbocycles. The van der Waals surface area contributed by atoms with Gasteiger partial charge in [-0.2, -0.15) is 0 Å². The van der Waals surface area contributed by atoms with E-state index in [0.29, 0.717) is 0 Å². The summed E-state index contributed by atoms with van der Waals surface area (Å²) in [5.41, 5.74) is 0. The normalized spacial score (nSPS) is 16.6. The van der Waals surface area contributed by atoms with Crippen molar-refractivity contribution in [3.05, 3.63) is 60.7 Å². The highest BCUT2D eigenvalue weighted by Crippen LogP contribution is 2.10. The molecular weight excluding hydrogens is 290 g/mol. The molecule has 4 heteroatoms. The Hall–Kier alpha value is -1.46. The summed E-state index contributed by atoms with van der Waals surface area (Å²) < 4.78 is 5.41. The minimum atomic E-state index is -2.67. The average molecular weight is 313 g/mol. The zero-order valence-corrected chi connectivity index (χ0v) is 13.8. The van der Waals surface area contributed by atoms with E-state index in [-0.39, 0.29) is 0 Å². The number of hydrogen-bond acceptors (Lipinski definition) is 3. The molecule has 0 radical (unpaired) electrons. The Bertz CT molecular complexity index is 531. The van der Waals surface area contributed by atoms with Gasteiger partial charge >= 0.3 is 0 Å². The van der Waals surface area contributed by atoms with Crippen molar-refractivity contribution in [3.63, 3.8) is 0 Å². The van der Waals surface area contributed by atoms with E-state index in [1.807, 2.05) is 36.4 Å². The molecule has 0 amide bonds. The molecular formula is C18H23NO2Si. The lowest BCUT2D eigenvalue weighted by atomic mass is 10.4. The molecule has 1 aliphatic rings. The highest BCUT2D eigenvalue weighted by Gasteiger charge is 2.35. The van der Waals surface area contributed by atoms with Gasteiger partial charge in [-0.25, -0.2) is 0 Å². The third-order valence-electron chi connectivity index (χ3n) is 4.40. The fourth-order valence-electron chi connectivity index (χ4n) is 3.03. The van der Waals surface area contributed by atoms with E-state index in [1.165, 1.54) is 0 Å². The molecule has 2 aromatic carbocycles. The van der Waals surface area contributed by atoms with Crippen LogP contribution in [0.15, 0.2) is 60.7 Å². The van der Waals surface area contributed by atoms with Gasteiger partial charge in [0.05, 0.1) is 13.2 Å². The maximum absolute atomic E-state index is 11.6. The van der Waals surface area contributed by atoms with E-state index in [0.717, 1.165) is 49.3 Å². The van der Waals surface area contributed by atoms with Gasteiger partial charge in [-0.1, -0.05) is 60.7 Å². The van der Waals surface area contributed by atoms with Gasteiger partial charge in [-0.3, -0.25) is 4.90 Å².